The molecule has 2 aromatic carbocycles. The summed E-state index contributed by atoms with van der Waals surface area (Å²) in [5.74, 6) is -0.561. The van der Waals surface area contributed by atoms with Crippen LogP contribution in [0.4, 0.5) is 15.8 Å². The highest BCUT2D eigenvalue weighted by atomic mass is 33.1. The summed E-state index contributed by atoms with van der Waals surface area (Å²) < 4.78 is 13.9. The van der Waals surface area contributed by atoms with Gasteiger partial charge in [0.05, 0.1) is 14.7 Å². The Morgan fingerprint density at radius 2 is 1.57 bits per heavy atom. The fourth-order valence-electron chi connectivity index (χ4n) is 1.78. The Bertz CT molecular complexity index is 799. The maximum atomic E-state index is 13.9. The molecule has 9 heteroatoms. The van der Waals surface area contributed by atoms with Crippen LogP contribution in [0.3, 0.4) is 0 Å². The lowest BCUT2D eigenvalue weighted by atomic mass is 10.2. The molecule has 0 heterocycles. The Balaban J connectivity index is 2.28. The van der Waals surface area contributed by atoms with E-state index in [1.165, 1.54) is 25.1 Å². The lowest BCUT2D eigenvalue weighted by Gasteiger charge is -2.07. The molecule has 0 fully saturated rings. The summed E-state index contributed by atoms with van der Waals surface area (Å²) >= 11 is 0. The number of aryl methyl sites for hydroxylation is 2. The van der Waals surface area contributed by atoms with E-state index in [1.54, 1.807) is 13.0 Å². The predicted octanol–water partition coefficient (Wildman–Crippen LogP) is 5.06. The molecule has 2 aromatic rings. The van der Waals surface area contributed by atoms with E-state index in [-0.39, 0.29) is 21.8 Å². The molecule has 0 saturated carbocycles. The smallest absolute Gasteiger partial charge is 0.258 e. The normalized spacial score (nSPS) is 10.6. The summed E-state index contributed by atoms with van der Waals surface area (Å²) in [6.45, 7) is 3.24. The maximum absolute atomic E-state index is 13.9. The van der Waals surface area contributed by atoms with E-state index in [0.29, 0.717) is 4.90 Å². The van der Waals surface area contributed by atoms with Gasteiger partial charge in [-0.1, -0.05) is 16.9 Å². The number of halogens is 1. The number of benzene rings is 2. The van der Waals surface area contributed by atoms with Crippen molar-refractivity contribution in [3.8, 4) is 0 Å². The summed E-state index contributed by atoms with van der Waals surface area (Å²) in [5.41, 5.74) is 0.822. The van der Waals surface area contributed by atoms with Gasteiger partial charge in [-0.15, -0.1) is 0 Å². The number of hydrogen-bond donors (Lipinski definition) is 0. The van der Waals surface area contributed by atoms with Crippen molar-refractivity contribution < 1.29 is 14.2 Å². The van der Waals surface area contributed by atoms with Crippen LogP contribution in [0.15, 0.2) is 40.1 Å². The molecule has 23 heavy (non-hydrogen) atoms. The van der Waals surface area contributed by atoms with Gasteiger partial charge in [-0.25, -0.2) is 4.39 Å². The zero-order valence-corrected chi connectivity index (χ0v) is 13.7. The van der Waals surface area contributed by atoms with E-state index >= 15 is 0 Å². The first-order chi connectivity index (χ1) is 10.8. The van der Waals surface area contributed by atoms with Crippen LogP contribution in [0.1, 0.15) is 11.1 Å². The van der Waals surface area contributed by atoms with Crippen LogP contribution in [0.2, 0.25) is 0 Å². The Kier molecular flexibility index (Phi) is 5.22. The van der Waals surface area contributed by atoms with Crippen LogP contribution in [0, 0.1) is 39.9 Å². The molecule has 0 bridgehead atoms. The van der Waals surface area contributed by atoms with Crippen LogP contribution in [0.5, 0.6) is 0 Å². The number of non-ortho nitro benzene ring substituents is 1. The second kappa shape index (κ2) is 6.97. The van der Waals surface area contributed by atoms with Gasteiger partial charge in [0, 0.05) is 28.7 Å². The number of nitro groups is 2. The quantitative estimate of drug-likeness (QED) is 0.424. The topological polar surface area (TPSA) is 86.3 Å². The van der Waals surface area contributed by atoms with E-state index in [0.717, 1.165) is 33.2 Å². The summed E-state index contributed by atoms with van der Waals surface area (Å²) in [5, 5.41) is 21.7. The van der Waals surface area contributed by atoms with E-state index < -0.39 is 15.7 Å². The van der Waals surface area contributed by atoms with Crippen LogP contribution < -0.4 is 0 Å². The fourth-order valence-corrected chi connectivity index (χ4v) is 4.09. The second-order valence-electron chi connectivity index (χ2n) is 4.70. The minimum Gasteiger partial charge on any atom is -0.258 e. The third-order valence-corrected chi connectivity index (χ3v) is 5.57. The van der Waals surface area contributed by atoms with Gasteiger partial charge in [0.15, 0.2) is 0 Å². The van der Waals surface area contributed by atoms with Crippen LogP contribution in [-0.4, -0.2) is 9.85 Å². The number of hydrogen-bond acceptors (Lipinski definition) is 6. The molecule has 6 nitrogen and oxygen atoms in total. The van der Waals surface area contributed by atoms with Crippen molar-refractivity contribution in [2.45, 2.75) is 23.6 Å². The van der Waals surface area contributed by atoms with Crippen LogP contribution >= 0.6 is 21.6 Å². The highest BCUT2D eigenvalue weighted by molar-refractivity contribution is 8.76. The lowest BCUT2D eigenvalue weighted by Crippen LogP contribution is -1.94. The fraction of sp³-hybridized carbons (Fsp3) is 0.143. The van der Waals surface area contributed by atoms with Crippen molar-refractivity contribution in [1.29, 1.82) is 0 Å². The molecular weight excluding hydrogens is 343 g/mol. The summed E-state index contributed by atoms with van der Waals surface area (Å²) in [6, 6.07) is 6.68. The molecule has 0 aliphatic rings. The molecule has 0 radical (unpaired) electrons. The molecule has 120 valence electrons. The van der Waals surface area contributed by atoms with Crippen molar-refractivity contribution in [3.05, 3.63) is 67.5 Å². The molecule has 0 aromatic heterocycles. The van der Waals surface area contributed by atoms with E-state index in [9.17, 15) is 24.6 Å². The average molecular weight is 354 g/mol. The summed E-state index contributed by atoms with van der Waals surface area (Å²) in [7, 11) is 2.11. The predicted molar refractivity (Wildman–Crippen MR) is 87.3 cm³/mol. The van der Waals surface area contributed by atoms with Gasteiger partial charge in [0.2, 0.25) is 0 Å². The molecular formula is C14H11FN2O4S2. The maximum Gasteiger partial charge on any atom is 0.273 e. The van der Waals surface area contributed by atoms with Crippen LogP contribution in [-0.2, 0) is 0 Å². The van der Waals surface area contributed by atoms with Gasteiger partial charge in [-0.2, -0.15) is 0 Å². The van der Waals surface area contributed by atoms with Gasteiger partial charge in [0.25, 0.3) is 11.4 Å². The zero-order valence-electron chi connectivity index (χ0n) is 12.1. The first kappa shape index (κ1) is 17.2. The summed E-state index contributed by atoms with van der Waals surface area (Å²) in [4.78, 5) is 21.4. The van der Waals surface area contributed by atoms with Gasteiger partial charge in [-0.05, 0) is 36.3 Å². The zero-order chi connectivity index (χ0) is 17.1. The Morgan fingerprint density at radius 1 is 0.913 bits per heavy atom. The van der Waals surface area contributed by atoms with Crippen molar-refractivity contribution in [3.63, 3.8) is 0 Å². The first-order valence-electron chi connectivity index (χ1n) is 6.33. The van der Waals surface area contributed by atoms with Gasteiger partial charge < -0.3 is 0 Å². The lowest BCUT2D eigenvalue weighted by molar-refractivity contribution is -0.385. The SMILES string of the molecule is Cc1ccc([N+](=O)[O-])cc1SSc1cc([N+](=O)[O-])c(C)cc1F. The minimum atomic E-state index is -0.567. The Hall–Kier alpha value is -2.13. The van der Waals surface area contributed by atoms with E-state index in [1.807, 2.05) is 0 Å². The first-order valence-corrected chi connectivity index (χ1v) is 8.48. The molecule has 0 amide bonds. The molecule has 0 unspecified atom stereocenters. The van der Waals surface area contributed by atoms with Crippen molar-refractivity contribution in [2.24, 2.45) is 0 Å². The monoisotopic (exact) mass is 354 g/mol. The van der Waals surface area contributed by atoms with Crippen molar-refractivity contribution >= 4 is 33.0 Å². The number of nitro benzene ring substituents is 2. The Morgan fingerprint density at radius 3 is 2.17 bits per heavy atom. The molecule has 0 aliphatic heterocycles. The molecule has 2 rings (SSSR count). The third-order valence-electron chi connectivity index (χ3n) is 3.05. The highest BCUT2D eigenvalue weighted by Crippen LogP contribution is 2.42. The third kappa shape index (κ3) is 3.99. The van der Waals surface area contributed by atoms with Crippen LogP contribution in [0.25, 0.3) is 0 Å². The minimum absolute atomic E-state index is 0.0611. The number of rotatable bonds is 5. The molecule has 0 aliphatic carbocycles. The number of nitrogens with zero attached hydrogens (tertiary/aromatic N) is 2. The van der Waals surface area contributed by atoms with E-state index in [2.05, 4.69) is 0 Å². The molecule has 0 spiro atoms. The Labute approximate surface area is 138 Å². The molecule has 0 N–H and O–H groups in total. The second-order valence-corrected chi connectivity index (χ2v) is 6.91. The van der Waals surface area contributed by atoms with Crippen molar-refractivity contribution in [2.75, 3.05) is 0 Å². The highest BCUT2D eigenvalue weighted by Gasteiger charge is 2.17. The largest absolute Gasteiger partial charge is 0.273 e. The molecule has 0 saturated heterocycles. The van der Waals surface area contributed by atoms with E-state index in [4.69, 9.17) is 0 Å². The van der Waals surface area contributed by atoms with Crippen molar-refractivity contribution in [1.82, 2.24) is 0 Å². The summed E-state index contributed by atoms with van der Waals surface area (Å²) in [6.07, 6.45) is 0. The average Bonchev–Trinajstić information content (AvgIpc) is 2.47. The molecule has 0 atom stereocenters. The standard InChI is InChI=1S/C14H11FN2O4S2/c1-8-3-4-10(16(18)19)6-13(8)22-23-14-7-12(17(20)21)9(2)5-11(14)15/h3-7H,1-2H3. The van der Waals surface area contributed by atoms with Gasteiger partial charge in [-0.3, -0.25) is 20.2 Å². The van der Waals surface area contributed by atoms with Gasteiger partial charge >= 0.3 is 0 Å². The van der Waals surface area contributed by atoms with Gasteiger partial charge in [0.1, 0.15) is 5.82 Å².